The highest BCUT2D eigenvalue weighted by atomic mass is 79.9. The zero-order valence-corrected chi connectivity index (χ0v) is 16.0. The minimum atomic E-state index is -0.157. The molecule has 0 N–H and O–H groups in total. The summed E-state index contributed by atoms with van der Waals surface area (Å²) in [5.41, 5.74) is 0. The van der Waals surface area contributed by atoms with Gasteiger partial charge in [-0.05, 0) is 25.7 Å². The summed E-state index contributed by atoms with van der Waals surface area (Å²) in [4.78, 5) is 10.6. The highest BCUT2D eigenvalue weighted by molar-refractivity contribution is 9.09. The van der Waals surface area contributed by atoms with Gasteiger partial charge in [0.15, 0.2) is 0 Å². The van der Waals surface area contributed by atoms with Crippen molar-refractivity contribution < 1.29 is 9.53 Å². The molecule has 0 aliphatic heterocycles. The number of carbonyl (C=O) groups excluding carboxylic acids is 1. The lowest BCUT2D eigenvalue weighted by atomic mass is 10.1. The molecule has 0 saturated carbocycles. The van der Waals surface area contributed by atoms with E-state index in [1.807, 2.05) is 0 Å². The van der Waals surface area contributed by atoms with Crippen LogP contribution in [0.3, 0.4) is 0 Å². The Morgan fingerprint density at radius 2 is 1.23 bits per heavy atom. The number of carbonyl (C=O) groups is 1. The SMILES string of the molecule is CC(=O)OCCCCCCCCCCCCC/C=C/CCBr. The van der Waals surface area contributed by atoms with Gasteiger partial charge in [-0.2, -0.15) is 0 Å². The standard InChI is InChI=1S/C19H35BrO2/c1-19(21)22-18-16-14-12-10-8-6-4-2-3-5-7-9-11-13-15-17-20/h11,13H,2-10,12,14-18H2,1H3/b13-11+. The van der Waals surface area contributed by atoms with Gasteiger partial charge >= 0.3 is 5.97 Å². The third kappa shape index (κ3) is 19.7. The van der Waals surface area contributed by atoms with Crippen molar-refractivity contribution in [3.8, 4) is 0 Å². The summed E-state index contributed by atoms with van der Waals surface area (Å²) in [5, 5.41) is 1.08. The van der Waals surface area contributed by atoms with Crippen molar-refractivity contribution in [2.75, 3.05) is 11.9 Å². The van der Waals surface area contributed by atoms with E-state index in [4.69, 9.17) is 4.74 Å². The van der Waals surface area contributed by atoms with Crippen LogP contribution in [0.2, 0.25) is 0 Å². The first-order valence-corrected chi connectivity index (χ1v) is 10.2. The van der Waals surface area contributed by atoms with E-state index in [0.717, 1.165) is 18.2 Å². The molecule has 3 heteroatoms. The molecule has 0 aromatic heterocycles. The number of hydrogen-bond donors (Lipinski definition) is 0. The molecule has 0 fully saturated rings. The van der Waals surface area contributed by atoms with Crippen LogP contribution in [0.4, 0.5) is 0 Å². The minimum absolute atomic E-state index is 0.157. The number of esters is 1. The van der Waals surface area contributed by atoms with Crippen molar-refractivity contribution in [3.05, 3.63) is 12.2 Å². The second kappa shape index (κ2) is 18.7. The van der Waals surface area contributed by atoms with Crippen LogP contribution in [0, 0.1) is 0 Å². The maximum Gasteiger partial charge on any atom is 0.302 e. The van der Waals surface area contributed by atoms with Crippen molar-refractivity contribution >= 4 is 21.9 Å². The molecule has 0 heterocycles. The summed E-state index contributed by atoms with van der Waals surface area (Å²) in [7, 11) is 0. The van der Waals surface area contributed by atoms with Gasteiger partial charge in [0.25, 0.3) is 0 Å². The molecule has 0 aliphatic rings. The van der Waals surface area contributed by atoms with Crippen molar-refractivity contribution in [2.24, 2.45) is 0 Å². The Balaban J connectivity index is 3.01. The molecule has 0 rings (SSSR count). The van der Waals surface area contributed by atoms with E-state index >= 15 is 0 Å². The van der Waals surface area contributed by atoms with Gasteiger partial charge in [0.05, 0.1) is 6.61 Å². The third-order valence-corrected chi connectivity index (χ3v) is 4.22. The van der Waals surface area contributed by atoms with E-state index in [1.165, 1.54) is 77.6 Å². The van der Waals surface area contributed by atoms with Crippen LogP contribution < -0.4 is 0 Å². The second-order valence-electron chi connectivity index (χ2n) is 5.97. The molecule has 0 spiro atoms. The largest absolute Gasteiger partial charge is 0.466 e. The molecular weight excluding hydrogens is 340 g/mol. The maximum absolute atomic E-state index is 10.6. The molecule has 2 nitrogen and oxygen atoms in total. The van der Waals surface area contributed by atoms with Gasteiger partial charge in [-0.25, -0.2) is 0 Å². The van der Waals surface area contributed by atoms with Gasteiger partial charge in [-0.3, -0.25) is 4.79 Å². The van der Waals surface area contributed by atoms with Crippen LogP contribution >= 0.6 is 15.9 Å². The van der Waals surface area contributed by atoms with E-state index in [9.17, 15) is 4.79 Å². The molecule has 0 aromatic carbocycles. The summed E-state index contributed by atoms with van der Waals surface area (Å²) in [6.45, 7) is 2.07. The fraction of sp³-hybridized carbons (Fsp3) is 0.842. The Labute approximate surface area is 146 Å². The number of rotatable bonds is 16. The topological polar surface area (TPSA) is 26.3 Å². The molecule has 0 aliphatic carbocycles. The van der Waals surface area contributed by atoms with Crippen molar-refractivity contribution in [2.45, 2.75) is 90.4 Å². The number of allylic oxidation sites excluding steroid dienone is 2. The van der Waals surface area contributed by atoms with E-state index in [-0.39, 0.29) is 5.97 Å². The fourth-order valence-electron chi connectivity index (χ4n) is 2.47. The van der Waals surface area contributed by atoms with Crippen molar-refractivity contribution in [1.29, 1.82) is 0 Å². The Morgan fingerprint density at radius 3 is 1.73 bits per heavy atom. The highest BCUT2D eigenvalue weighted by Crippen LogP contribution is 2.12. The lowest BCUT2D eigenvalue weighted by Gasteiger charge is -2.03. The van der Waals surface area contributed by atoms with Gasteiger partial charge in [0.2, 0.25) is 0 Å². The van der Waals surface area contributed by atoms with E-state index < -0.39 is 0 Å². The maximum atomic E-state index is 10.6. The third-order valence-electron chi connectivity index (χ3n) is 3.76. The number of halogens is 1. The van der Waals surface area contributed by atoms with Crippen LogP contribution in [0.15, 0.2) is 12.2 Å². The molecule has 22 heavy (non-hydrogen) atoms. The normalized spacial score (nSPS) is 11.2. The van der Waals surface area contributed by atoms with Crippen LogP contribution in [-0.4, -0.2) is 17.9 Å². The van der Waals surface area contributed by atoms with Crippen LogP contribution in [0.5, 0.6) is 0 Å². The van der Waals surface area contributed by atoms with Crippen LogP contribution in [0.25, 0.3) is 0 Å². The second-order valence-corrected chi connectivity index (χ2v) is 6.76. The summed E-state index contributed by atoms with van der Waals surface area (Å²) in [6, 6.07) is 0. The molecule has 0 unspecified atom stereocenters. The van der Waals surface area contributed by atoms with Crippen LogP contribution in [-0.2, 0) is 9.53 Å². The zero-order chi connectivity index (χ0) is 16.3. The number of ether oxygens (including phenoxy) is 1. The Kier molecular flexibility index (Phi) is 18.5. The van der Waals surface area contributed by atoms with Gasteiger partial charge in [0, 0.05) is 12.3 Å². The Morgan fingerprint density at radius 1 is 0.773 bits per heavy atom. The van der Waals surface area contributed by atoms with E-state index in [1.54, 1.807) is 0 Å². The average Bonchev–Trinajstić information content (AvgIpc) is 2.50. The first-order chi connectivity index (χ1) is 10.8. The zero-order valence-electron chi connectivity index (χ0n) is 14.5. The predicted molar refractivity (Wildman–Crippen MR) is 99.6 cm³/mol. The van der Waals surface area contributed by atoms with Crippen molar-refractivity contribution in [1.82, 2.24) is 0 Å². The lowest BCUT2D eigenvalue weighted by molar-refractivity contribution is -0.141. The number of alkyl halides is 1. The molecule has 0 bridgehead atoms. The van der Waals surface area contributed by atoms with Crippen LogP contribution in [0.1, 0.15) is 90.4 Å². The number of unbranched alkanes of at least 4 members (excludes halogenated alkanes) is 11. The lowest BCUT2D eigenvalue weighted by Crippen LogP contribution is -2.00. The fourth-order valence-corrected chi connectivity index (χ4v) is 2.73. The summed E-state index contributed by atoms with van der Waals surface area (Å²) in [6.07, 6.45) is 21.5. The molecule has 130 valence electrons. The van der Waals surface area contributed by atoms with Crippen molar-refractivity contribution in [3.63, 3.8) is 0 Å². The smallest absolute Gasteiger partial charge is 0.302 e. The summed E-state index contributed by atoms with van der Waals surface area (Å²) >= 11 is 3.43. The summed E-state index contributed by atoms with van der Waals surface area (Å²) < 4.78 is 4.92. The first kappa shape index (κ1) is 21.7. The molecule has 0 atom stereocenters. The Bertz CT molecular complexity index is 264. The highest BCUT2D eigenvalue weighted by Gasteiger charge is 1.95. The molecule has 0 saturated heterocycles. The quantitative estimate of drug-likeness (QED) is 0.132. The van der Waals surface area contributed by atoms with Gasteiger partial charge in [-0.15, -0.1) is 0 Å². The molecule has 0 amide bonds. The van der Waals surface area contributed by atoms with Gasteiger partial charge in [0.1, 0.15) is 0 Å². The average molecular weight is 375 g/mol. The molecule has 0 aromatic rings. The van der Waals surface area contributed by atoms with E-state index in [2.05, 4.69) is 28.1 Å². The molecular formula is C19H35BrO2. The monoisotopic (exact) mass is 374 g/mol. The minimum Gasteiger partial charge on any atom is -0.466 e. The predicted octanol–water partition coefficient (Wildman–Crippen LogP) is 6.57. The number of hydrogen-bond acceptors (Lipinski definition) is 2. The first-order valence-electron chi connectivity index (χ1n) is 9.11. The van der Waals surface area contributed by atoms with E-state index in [0.29, 0.717) is 6.61 Å². The van der Waals surface area contributed by atoms with Gasteiger partial charge < -0.3 is 4.74 Å². The Hall–Kier alpha value is -0.310. The van der Waals surface area contributed by atoms with Gasteiger partial charge in [-0.1, -0.05) is 85.9 Å². The summed E-state index contributed by atoms with van der Waals surface area (Å²) in [5.74, 6) is -0.157. The molecule has 0 radical (unpaired) electrons.